The van der Waals surface area contributed by atoms with Crippen molar-refractivity contribution in [3.63, 3.8) is 0 Å². The van der Waals surface area contributed by atoms with Gasteiger partial charge in [0.1, 0.15) is 0 Å². The van der Waals surface area contributed by atoms with Crippen LogP contribution in [-0.2, 0) is 6.61 Å². The van der Waals surface area contributed by atoms with Crippen molar-refractivity contribution in [2.75, 3.05) is 11.4 Å². The zero-order valence-electron chi connectivity index (χ0n) is 12.5. The molecule has 1 fully saturated rings. The van der Waals surface area contributed by atoms with Crippen LogP contribution in [0.5, 0.6) is 0 Å². The van der Waals surface area contributed by atoms with Crippen LogP contribution in [0.2, 0.25) is 0 Å². The van der Waals surface area contributed by atoms with Gasteiger partial charge in [-0.2, -0.15) is 0 Å². The minimum atomic E-state index is -0.356. The van der Waals surface area contributed by atoms with E-state index < -0.39 is 0 Å². The number of pyridine rings is 1. The number of aliphatic hydroxyl groups is 1. The van der Waals surface area contributed by atoms with Gasteiger partial charge in [-0.3, -0.25) is 0 Å². The lowest BCUT2D eigenvalue weighted by atomic mass is 10.1. The molecule has 112 valence electrons. The molecule has 0 unspecified atom stereocenters. The van der Waals surface area contributed by atoms with Gasteiger partial charge in [-0.15, -0.1) is 0 Å². The van der Waals surface area contributed by atoms with E-state index in [2.05, 4.69) is 23.7 Å². The van der Waals surface area contributed by atoms with Gasteiger partial charge in [-0.1, -0.05) is 26.7 Å². The van der Waals surface area contributed by atoms with E-state index in [0.717, 1.165) is 25.8 Å². The van der Waals surface area contributed by atoms with E-state index in [1.54, 1.807) is 12.3 Å². The minimum Gasteiger partial charge on any atom is -0.392 e. The molecule has 0 aromatic carbocycles. The number of hydrogen-bond acceptors (Lipinski definition) is 3. The van der Waals surface area contributed by atoms with E-state index in [9.17, 15) is 9.50 Å². The molecule has 0 bridgehead atoms. The SMILES string of the molecule is CC(C)CCN(c1nccc(CO)c1F)C1CCCC1. The van der Waals surface area contributed by atoms with Gasteiger partial charge < -0.3 is 10.0 Å². The molecule has 0 aliphatic heterocycles. The van der Waals surface area contributed by atoms with Crippen LogP contribution in [0.25, 0.3) is 0 Å². The average Bonchev–Trinajstić information content (AvgIpc) is 2.94. The van der Waals surface area contributed by atoms with E-state index >= 15 is 0 Å². The summed E-state index contributed by atoms with van der Waals surface area (Å²) in [5.74, 6) is 0.651. The number of nitrogens with zero attached hydrogens (tertiary/aromatic N) is 2. The molecule has 0 saturated heterocycles. The molecule has 3 nitrogen and oxygen atoms in total. The molecule has 1 saturated carbocycles. The van der Waals surface area contributed by atoms with Crippen molar-refractivity contribution in [3.8, 4) is 0 Å². The summed E-state index contributed by atoms with van der Waals surface area (Å²) in [6.45, 7) is 4.92. The Kier molecular flexibility index (Phi) is 5.35. The molecule has 0 radical (unpaired) electrons. The maximum absolute atomic E-state index is 14.4. The largest absolute Gasteiger partial charge is 0.392 e. The average molecular weight is 280 g/mol. The molecule has 1 aliphatic carbocycles. The van der Waals surface area contributed by atoms with Crippen molar-refractivity contribution in [2.24, 2.45) is 5.92 Å². The number of halogens is 1. The second-order valence-corrected chi connectivity index (χ2v) is 6.08. The Labute approximate surface area is 120 Å². The first kappa shape index (κ1) is 15.2. The Morgan fingerprint density at radius 2 is 2.10 bits per heavy atom. The highest BCUT2D eigenvalue weighted by Crippen LogP contribution is 2.30. The highest BCUT2D eigenvalue weighted by molar-refractivity contribution is 5.44. The quantitative estimate of drug-likeness (QED) is 0.866. The Balaban J connectivity index is 2.25. The predicted octanol–water partition coefficient (Wildman–Crippen LogP) is 3.51. The Bertz CT molecular complexity index is 430. The summed E-state index contributed by atoms with van der Waals surface area (Å²) >= 11 is 0. The van der Waals surface area contributed by atoms with E-state index in [4.69, 9.17) is 0 Å². The number of rotatable bonds is 6. The number of aliphatic hydroxyl groups excluding tert-OH is 1. The molecule has 1 heterocycles. The van der Waals surface area contributed by atoms with E-state index in [1.807, 2.05) is 0 Å². The second kappa shape index (κ2) is 7.02. The van der Waals surface area contributed by atoms with Gasteiger partial charge in [0.25, 0.3) is 0 Å². The minimum absolute atomic E-state index is 0.274. The molecule has 2 rings (SSSR count). The number of anilines is 1. The topological polar surface area (TPSA) is 36.4 Å². The Morgan fingerprint density at radius 1 is 1.40 bits per heavy atom. The molecule has 1 aliphatic rings. The molecule has 1 aromatic rings. The van der Waals surface area contributed by atoms with E-state index in [-0.39, 0.29) is 12.4 Å². The summed E-state index contributed by atoms with van der Waals surface area (Å²) in [7, 11) is 0. The van der Waals surface area contributed by atoms with E-state index in [1.165, 1.54) is 12.8 Å². The first-order valence-corrected chi connectivity index (χ1v) is 7.64. The standard InChI is InChI=1S/C16H25FN2O/c1-12(2)8-10-19(14-5-3-4-6-14)16-15(17)13(11-20)7-9-18-16/h7,9,12,14,20H,3-6,8,10-11H2,1-2H3. The summed E-state index contributed by atoms with van der Waals surface area (Å²) in [6, 6.07) is 1.94. The van der Waals surface area contributed by atoms with Crippen LogP contribution in [0.1, 0.15) is 51.5 Å². The van der Waals surface area contributed by atoms with Crippen LogP contribution in [-0.4, -0.2) is 22.7 Å². The van der Waals surface area contributed by atoms with E-state index in [0.29, 0.717) is 23.3 Å². The monoisotopic (exact) mass is 280 g/mol. The molecular formula is C16H25FN2O. The summed E-state index contributed by atoms with van der Waals surface area (Å²) in [4.78, 5) is 6.38. The summed E-state index contributed by atoms with van der Waals surface area (Å²) in [5.41, 5.74) is 0.336. The van der Waals surface area contributed by atoms with Crippen molar-refractivity contribution in [2.45, 2.75) is 58.6 Å². The van der Waals surface area contributed by atoms with Crippen LogP contribution >= 0.6 is 0 Å². The maximum atomic E-state index is 14.4. The van der Waals surface area contributed by atoms with Crippen LogP contribution in [0.3, 0.4) is 0 Å². The smallest absolute Gasteiger partial charge is 0.171 e. The van der Waals surface area contributed by atoms with Crippen LogP contribution < -0.4 is 4.90 Å². The first-order valence-electron chi connectivity index (χ1n) is 7.64. The molecule has 20 heavy (non-hydrogen) atoms. The summed E-state index contributed by atoms with van der Waals surface area (Å²) < 4.78 is 14.4. The van der Waals surface area contributed by atoms with Gasteiger partial charge in [0, 0.05) is 24.3 Å². The predicted molar refractivity (Wildman–Crippen MR) is 79.2 cm³/mol. The Morgan fingerprint density at radius 3 is 2.70 bits per heavy atom. The second-order valence-electron chi connectivity index (χ2n) is 6.08. The van der Waals surface area contributed by atoms with Gasteiger partial charge in [0.2, 0.25) is 0 Å². The van der Waals surface area contributed by atoms with Crippen LogP contribution in [0, 0.1) is 11.7 Å². The fourth-order valence-electron chi connectivity index (χ4n) is 2.87. The molecule has 0 spiro atoms. The van der Waals surface area contributed by atoms with Gasteiger partial charge in [0.05, 0.1) is 6.61 Å². The fraction of sp³-hybridized carbons (Fsp3) is 0.688. The first-order chi connectivity index (χ1) is 9.63. The Hall–Kier alpha value is -1.16. The van der Waals surface area contributed by atoms with Crippen LogP contribution in [0.4, 0.5) is 10.2 Å². The van der Waals surface area contributed by atoms with Gasteiger partial charge in [-0.25, -0.2) is 9.37 Å². The summed E-state index contributed by atoms with van der Waals surface area (Å²) in [5, 5.41) is 9.22. The lowest BCUT2D eigenvalue weighted by molar-refractivity contribution is 0.275. The maximum Gasteiger partial charge on any atom is 0.171 e. The normalized spacial score (nSPS) is 16.1. The third kappa shape index (κ3) is 3.48. The number of hydrogen-bond donors (Lipinski definition) is 1. The van der Waals surface area contributed by atoms with Crippen molar-refractivity contribution in [3.05, 3.63) is 23.6 Å². The molecular weight excluding hydrogens is 255 g/mol. The van der Waals surface area contributed by atoms with Gasteiger partial charge in [-0.05, 0) is 31.2 Å². The van der Waals surface area contributed by atoms with Crippen LogP contribution in [0.15, 0.2) is 12.3 Å². The zero-order valence-corrected chi connectivity index (χ0v) is 12.5. The lowest BCUT2D eigenvalue weighted by Gasteiger charge is -2.31. The number of aromatic nitrogens is 1. The summed E-state index contributed by atoms with van der Waals surface area (Å²) in [6.07, 6.45) is 7.28. The molecule has 1 aromatic heterocycles. The third-order valence-corrected chi connectivity index (χ3v) is 4.11. The molecule has 4 heteroatoms. The van der Waals surface area contributed by atoms with Crippen molar-refractivity contribution >= 4 is 5.82 Å². The molecule has 0 atom stereocenters. The van der Waals surface area contributed by atoms with Crippen molar-refractivity contribution in [1.82, 2.24) is 4.98 Å². The van der Waals surface area contributed by atoms with Crippen molar-refractivity contribution < 1.29 is 9.50 Å². The van der Waals surface area contributed by atoms with Gasteiger partial charge >= 0.3 is 0 Å². The molecule has 1 N–H and O–H groups in total. The van der Waals surface area contributed by atoms with Gasteiger partial charge in [0.15, 0.2) is 11.6 Å². The molecule has 0 amide bonds. The highest BCUT2D eigenvalue weighted by atomic mass is 19.1. The van der Waals surface area contributed by atoms with Crippen molar-refractivity contribution in [1.29, 1.82) is 0 Å². The zero-order chi connectivity index (χ0) is 14.5. The third-order valence-electron chi connectivity index (χ3n) is 4.11. The lowest BCUT2D eigenvalue weighted by Crippen LogP contribution is -2.36. The fourth-order valence-corrected chi connectivity index (χ4v) is 2.87. The highest BCUT2D eigenvalue weighted by Gasteiger charge is 2.26.